The van der Waals surface area contributed by atoms with Gasteiger partial charge in [0.1, 0.15) is 0 Å². The average Bonchev–Trinajstić information content (AvgIpc) is 2.40. The number of benzene rings is 1. The number of anilines is 2. The van der Waals surface area contributed by atoms with Gasteiger partial charge in [-0.1, -0.05) is 6.08 Å². The number of nitrogens with zero attached hydrogens (tertiary/aromatic N) is 1. The lowest BCUT2D eigenvalue weighted by Gasteiger charge is -2.22. The maximum atomic E-state index is 3.76. The van der Waals surface area contributed by atoms with Gasteiger partial charge in [-0.05, 0) is 57.9 Å². The molecule has 0 spiro atoms. The molecule has 1 rings (SSSR count). The van der Waals surface area contributed by atoms with Gasteiger partial charge in [-0.3, -0.25) is 0 Å². The SMILES string of the molecule is C=CCCC(C)Nc1ccc(N(CC)CC)cc1. The molecule has 1 N–H and O–H groups in total. The highest BCUT2D eigenvalue weighted by Gasteiger charge is 2.03. The lowest BCUT2D eigenvalue weighted by molar-refractivity contribution is 0.719. The molecule has 0 saturated heterocycles. The molecule has 1 aromatic carbocycles. The Labute approximate surface area is 112 Å². The monoisotopic (exact) mass is 246 g/mol. The van der Waals surface area contributed by atoms with Gasteiger partial charge in [-0.25, -0.2) is 0 Å². The fourth-order valence-electron chi connectivity index (χ4n) is 2.08. The van der Waals surface area contributed by atoms with Crippen LogP contribution in [0.4, 0.5) is 11.4 Å². The molecular weight excluding hydrogens is 220 g/mol. The van der Waals surface area contributed by atoms with Gasteiger partial charge < -0.3 is 10.2 Å². The van der Waals surface area contributed by atoms with Crippen LogP contribution in [0.5, 0.6) is 0 Å². The Kier molecular flexibility index (Phi) is 6.34. The van der Waals surface area contributed by atoms with Crippen LogP contribution in [0.25, 0.3) is 0 Å². The van der Waals surface area contributed by atoms with Crippen LogP contribution in [0.3, 0.4) is 0 Å². The first-order valence-electron chi connectivity index (χ1n) is 6.93. The Morgan fingerprint density at radius 2 is 1.83 bits per heavy atom. The highest BCUT2D eigenvalue weighted by atomic mass is 15.1. The zero-order valence-corrected chi connectivity index (χ0v) is 11.9. The largest absolute Gasteiger partial charge is 0.383 e. The molecule has 0 radical (unpaired) electrons. The summed E-state index contributed by atoms with van der Waals surface area (Å²) in [6.45, 7) is 12.5. The molecule has 0 fully saturated rings. The Hall–Kier alpha value is -1.44. The second kappa shape index (κ2) is 7.80. The lowest BCUT2D eigenvalue weighted by atomic mass is 10.1. The molecule has 0 aliphatic rings. The van der Waals surface area contributed by atoms with E-state index in [1.54, 1.807) is 0 Å². The zero-order valence-electron chi connectivity index (χ0n) is 11.9. The molecule has 0 aliphatic heterocycles. The van der Waals surface area contributed by atoms with Crippen LogP contribution in [0.15, 0.2) is 36.9 Å². The summed E-state index contributed by atoms with van der Waals surface area (Å²) in [7, 11) is 0. The van der Waals surface area contributed by atoms with Crippen LogP contribution in [0.2, 0.25) is 0 Å². The molecule has 1 atom stereocenters. The van der Waals surface area contributed by atoms with Crippen molar-refractivity contribution in [1.82, 2.24) is 0 Å². The molecule has 1 aromatic rings. The summed E-state index contributed by atoms with van der Waals surface area (Å²) in [5.41, 5.74) is 2.49. The summed E-state index contributed by atoms with van der Waals surface area (Å²) in [5.74, 6) is 0. The molecule has 0 heterocycles. The van der Waals surface area contributed by atoms with Gasteiger partial charge in [0.15, 0.2) is 0 Å². The first-order valence-corrected chi connectivity index (χ1v) is 6.93. The van der Waals surface area contributed by atoms with E-state index in [9.17, 15) is 0 Å². The Bertz CT molecular complexity index is 339. The van der Waals surface area contributed by atoms with Crippen molar-refractivity contribution in [3.05, 3.63) is 36.9 Å². The van der Waals surface area contributed by atoms with Gasteiger partial charge in [-0.2, -0.15) is 0 Å². The van der Waals surface area contributed by atoms with Crippen molar-refractivity contribution in [3.8, 4) is 0 Å². The van der Waals surface area contributed by atoms with Crippen molar-refractivity contribution in [1.29, 1.82) is 0 Å². The van der Waals surface area contributed by atoms with Crippen LogP contribution in [0, 0.1) is 0 Å². The minimum absolute atomic E-state index is 0.488. The van der Waals surface area contributed by atoms with Gasteiger partial charge >= 0.3 is 0 Å². The Balaban J connectivity index is 2.56. The molecule has 0 saturated carbocycles. The standard InChI is InChI=1S/C16H26N2/c1-5-8-9-14(4)17-15-10-12-16(13-11-15)18(6-2)7-3/h5,10-14,17H,1,6-9H2,2-4H3. The van der Waals surface area contributed by atoms with E-state index in [4.69, 9.17) is 0 Å². The van der Waals surface area contributed by atoms with Crippen molar-refractivity contribution in [2.45, 2.75) is 39.7 Å². The Morgan fingerprint density at radius 3 is 2.33 bits per heavy atom. The molecule has 0 aromatic heterocycles. The van der Waals surface area contributed by atoms with Crippen molar-refractivity contribution >= 4 is 11.4 Å². The van der Waals surface area contributed by atoms with E-state index in [0.29, 0.717) is 6.04 Å². The third-order valence-corrected chi connectivity index (χ3v) is 3.21. The summed E-state index contributed by atoms with van der Waals surface area (Å²) < 4.78 is 0. The van der Waals surface area contributed by atoms with Crippen LogP contribution in [0.1, 0.15) is 33.6 Å². The van der Waals surface area contributed by atoms with Crippen LogP contribution < -0.4 is 10.2 Å². The maximum Gasteiger partial charge on any atom is 0.0367 e. The second-order valence-corrected chi connectivity index (χ2v) is 4.63. The van der Waals surface area contributed by atoms with E-state index in [2.05, 4.69) is 61.8 Å². The predicted molar refractivity (Wildman–Crippen MR) is 82.5 cm³/mol. The molecule has 0 amide bonds. The van der Waals surface area contributed by atoms with Gasteiger partial charge in [0, 0.05) is 30.5 Å². The molecule has 1 unspecified atom stereocenters. The first-order chi connectivity index (χ1) is 8.71. The molecule has 0 aliphatic carbocycles. The molecule has 2 heteroatoms. The highest BCUT2D eigenvalue weighted by molar-refractivity contribution is 5.55. The van der Waals surface area contributed by atoms with Crippen molar-refractivity contribution in [2.75, 3.05) is 23.3 Å². The third-order valence-electron chi connectivity index (χ3n) is 3.21. The molecular formula is C16H26N2. The Morgan fingerprint density at radius 1 is 1.22 bits per heavy atom. The number of hydrogen-bond donors (Lipinski definition) is 1. The van der Waals surface area contributed by atoms with E-state index in [1.165, 1.54) is 11.4 Å². The smallest absolute Gasteiger partial charge is 0.0367 e. The third kappa shape index (κ3) is 4.44. The normalized spacial score (nSPS) is 11.9. The maximum absolute atomic E-state index is 3.76. The first kappa shape index (κ1) is 14.6. The van der Waals surface area contributed by atoms with E-state index < -0.39 is 0 Å². The van der Waals surface area contributed by atoms with Gasteiger partial charge in [0.05, 0.1) is 0 Å². The average molecular weight is 246 g/mol. The van der Waals surface area contributed by atoms with E-state index in [-0.39, 0.29) is 0 Å². The summed E-state index contributed by atoms with van der Waals surface area (Å²) in [5, 5.41) is 3.51. The van der Waals surface area contributed by atoms with E-state index in [0.717, 1.165) is 25.9 Å². The quantitative estimate of drug-likeness (QED) is 0.688. The number of nitrogens with one attached hydrogen (secondary N) is 1. The minimum Gasteiger partial charge on any atom is -0.383 e. The van der Waals surface area contributed by atoms with Crippen molar-refractivity contribution in [2.24, 2.45) is 0 Å². The van der Waals surface area contributed by atoms with Gasteiger partial charge in [0.25, 0.3) is 0 Å². The zero-order chi connectivity index (χ0) is 13.4. The van der Waals surface area contributed by atoms with Crippen LogP contribution in [-0.2, 0) is 0 Å². The molecule has 18 heavy (non-hydrogen) atoms. The topological polar surface area (TPSA) is 15.3 Å². The van der Waals surface area contributed by atoms with E-state index >= 15 is 0 Å². The number of allylic oxidation sites excluding steroid dienone is 1. The van der Waals surface area contributed by atoms with Gasteiger partial charge in [-0.15, -0.1) is 6.58 Å². The molecule has 0 bridgehead atoms. The lowest BCUT2D eigenvalue weighted by Crippen LogP contribution is -2.21. The molecule has 2 nitrogen and oxygen atoms in total. The summed E-state index contributed by atoms with van der Waals surface area (Å²) in [4.78, 5) is 2.35. The number of rotatable bonds is 8. The predicted octanol–water partition coefficient (Wildman–Crippen LogP) is 4.30. The summed E-state index contributed by atoms with van der Waals surface area (Å²) in [6, 6.07) is 9.20. The summed E-state index contributed by atoms with van der Waals surface area (Å²) >= 11 is 0. The fourth-order valence-corrected chi connectivity index (χ4v) is 2.08. The highest BCUT2D eigenvalue weighted by Crippen LogP contribution is 2.18. The van der Waals surface area contributed by atoms with Crippen molar-refractivity contribution in [3.63, 3.8) is 0 Å². The minimum atomic E-state index is 0.488. The fraction of sp³-hybridized carbons (Fsp3) is 0.500. The van der Waals surface area contributed by atoms with E-state index in [1.807, 2.05) is 6.08 Å². The van der Waals surface area contributed by atoms with Crippen LogP contribution in [-0.4, -0.2) is 19.1 Å². The second-order valence-electron chi connectivity index (χ2n) is 4.63. The van der Waals surface area contributed by atoms with Crippen molar-refractivity contribution < 1.29 is 0 Å². The van der Waals surface area contributed by atoms with Gasteiger partial charge in [0.2, 0.25) is 0 Å². The van der Waals surface area contributed by atoms with Crippen LogP contribution >= 0.6 is 0 Å². The number of hydrogen-bond acceptors (Lipinski definition) is 2. The summed E-state index contributed by atoms with van der Waals surface area (Å²) in [6.07, 6.45) is 4.16. The molecule has 100 valence electrons.